The lowest BCUT2D eigenvalue weighted by Crippen LogP contribution is -2.45. The standard InChI is InChI=1S/C20H29NO6S/c22-20(27-15(11-28(23,24)25)10-21-3-5-26-6-4-21)17-9-14-8-16(17)19-13-2-1-12(7-13)18(14)19/h1-2,12-19H,3-11H2,(H,23,24,25). The molecular formula is C20H29NO6S. The van der Waals surface area contributed by atoms with Gasteiger partial charge in [0.05, 0.1) is 19.1 Å². The first-order chi connectivity index (χ1) is 13.4. The Balaban J connectivity index is 1.25. The molecule has 3 saturated carbocycles. The van der Waals surface area contributed by atoms with Crippen molar-refractivity contribution in [2.75, 3.05) is 38.6 Å². The molecule has 8 heteroatoms. The van der Waals surface area contributed by atoms with Crippen LogP contribution in [-0.2, 0) is 24.4 Å². The molecule has 0 aromatic heterocycles. The van der Waals surface area contributed by atoms with Gasteiger partial charge in [0.25, 0.3) is 10.1 Å². The molecule has 4 fully saturated rings. The van der Waals surface area contributed by atoms with E-state index in [4.69, 9.17) is 9.47 Å². The second kappa shape index (κ2) is 7.07. The van der Waals surface area contributed by atoms with Crippen molar-refractivity contribution in [2.45, 2.75) is 25.4 Å². The summed E-state index contributed by atoms with van der Waals surface area (Å²) in [6.45, 7) is 2.82. The Morgan fingerprint density at radius 2 is 1.86 bits per heavy atom. The summed E-state index contributed by atoms with van der Waals surface area (Å²) in [5, 5.41) is 0. The highest BCUT2D eigenvalue weighted by molar-refractivity contribution is 7.85. The fraction of sp³-hybridized carbons (Fsp3) is 0.850. The van der Waals surface area contributed by atoms with Crippen molar-refractivity contribution in [1.82, 2.24) is 4.90 Å². The molecule has 1 heterocycles. The molecule has 5 aliphatic rings. The van der Waals surface area contributed by atoms with Crippen LogP contribution in [0.5, 0.6) is 0 Å². The lowest BCUT2D eigenvalue weighted by atomic mass is 9.69. The molecule has 0 amide bonds. The number of ether oxygens (including phenoxy) is 2. The number of carbonyl (C=O) groups excluding carboxylic acids is 1. The molecular weight excluding hydrogens is 382 g/mol. The average molecular weight is 412 g/mol. The lowest BCUT2D eigenvalue weighted by Gasteiger charge is -2.36. The number of morpholine rings is 1. The van der Waals surface area contributed by atoms with Gasteiger partial charge in [-0.1, -0.05) is 12.2 Å². The molecule has 0 radical (unpaired) electrons. The van der Waals surface area contributed by atoms with Gasteiger partial charge in [0.2, 0.25) is 0 Å². The first-order valence-electron chi connectivity index (χ1n) is 10.5. The first-order valence-corrected chi connectivity index (χ1v) is 12.1. The summed E-state index contributed by atoms with van der Waals surface area (Å²) in [6, 6.07) is 0. The SMILES string of the molecule is O=C(OC(CN1CCOCC1)CS(=O)(=O)O)C1CC2CC1C1C3C=CC(C3)C21. The summed E-state index contributed by atoms with van der Waals surface area (Å²) < 4.78 is 43.3. The zero-order chi connectivity index (χ0) is 19.5. The Hall–Kier alpha value is -0.960. The second-order valence-corrected chi connectivity index (χ2v) is 10.8. The number of nitrogens with zero attached hydrogens (tertiary/aromatic N) is 1. The fourth-order valence-electron chi connectivity index (χ4n) is 6.97. The van der Waals surface area contributed by atoms with Gasteiger partial charge < -0.3 is 9.47 Å². The summed E-state index contributed by atoms with van der Waals surface area (Å²) in [5.41, 5.74) is 0. The molecule has 1 N–H and O–H groups in total. The van der Waals surface area contributed by atoms with E-state index in [2.05, 4.69) is 12.2 Å². The van der Waals surface area contributed by atoms with E-state index in [-0.39, 0.29) is 11.9 Å². The number of fused-ring (bicyclic) bond motifs is 9. The molecule has 4 bridgehead atoms. The third-order valence-electron chi connectivity index (χ3n) is 7.82. The molecule has 1 aliphatic heterocycles. The highest BCUT2D eigenvalue weighted by Gasteiger charge is 2.62. The maximum atomic E-state index is 13.0. The number of allylic oxidation sites excluding steroid dienone is 2. The number of hydrogen-bond donors (Lipinski definition) is 1. The molecule has 4 aliphatic carbocycles. The quantitative estimate of drug-likeness (QED) is 0.304. The van der Waals surface area contributed by atoms with E-state index in [9.17, 15) is 17.8 Å². The number of carbonyl (C=O) groups is 1. The van der Waals surface area contributed by atoms with E-state index in [1.54, 1.807) is 0 Å². The number of rotatable bonds is 6. The number of hydrogen-bond acceptors (Lipinski definition) is 6. The summed E-state index contributed by atoms with van der Waals surface area (Å²) in [5.74, 6) is 2.71. The van der Waals surface area contributed by atoms with Gasteiger partial charge in [0.15, 0.2) is 0 Å². The van der Waals surface area contributed by atoms with Gasteiger partial charge >= 0.3 is 5.97 Å². The van der Waals surface area contributed by atoms with E-state index in [1.165, 1.54) is 6.42 Å². The van der Waals surface area contributed by atoms with E-state index >= 15 is 0 Å². The Kier molecular flexibility index (Phi) is 4.81. The van der Waals surface area contributed by atoms with Crippen LogP contribution < -0.4 is 0 Å². The predicted molar refractivity (Wildman–Crippen MR) is 101 cm³/mol. The van der Waals surface area contributed by atoms with Crippen LogP contribution in [0, 0.1) is 41.4 Å². The second-order valence-electron chi connectivity index (χ2n) is 9.33. The Bertz CT molecular complexity index is 761. The van der Waals surface area contributed by atoms with Crippen LogP contribution in [0.1, 0.15) is 19.3 Å². The summed E-state index contributed by atoms with van der Waals surface area (Å²) in [7, 11) is -4.22. The van der Waals surface area contributed by atoms with Gasteiger partial charge in [-0.05, 0) is 54.8 Å². The summed E-state index contributed by atoms with van der Waals surface area (Å²) >= 11 is 0. The van der Waals surface area contributed by atoms with Crippen LogP contribution >= 0.6 is 0 Å². The van der Waals surface area contributed by atoms with Gasteiger partial charge in [0.1, 0.15) is 11.9 Å². The minimum Gasteiger partial charge on any atom is -0.460 e. The van der Waals surface area contributed by atoms with E-state index < -0.39 is 22.0 Å². The van der Waals surface area contributed by atoms with Crippen molar-refractivity contribution >= 4 is 16.1 Å². The Morgan fingerprint density at radius 3 is 2.57 bits per heavy atom. The van der Waals surface area contributed by atoms with Crippen LogP contribution in [-0.4, -0.2) is 68.5 Å². The van der Waals surface area contributed by atoms with Crippen LogP contribution in [0.2, 0.25) is 0 Å². The zero-order valence-electron chi connectivity index (χ0n) is 16.0. The van der Waals surface area contributed by atoms with Crippen LogP contribution in [0.25, 0.3) is 0 Å². The third kappa shape index (κ3) is 3.42. The van der Waals surface area contributed by atoms with Gasteiger partial charge in [-0.15, -0.1) is 0 Å². The minimum atomic E-state index is -4.22. The lowest BCUT2D eigenvalue weighted by molar-refractivity contribution is -0.157. The van der Waals surface area contributed by atoms with Crippen molar-refractivity contribution in [3.8, 4) is 0 Å². The average Bonchev–Trinajstić information content (AvgIpc) is 3.40. The first kappa shape index (κ1) is 19.0. The molecule has 7 nitrogen and oxygen atoms in total. The van der Waals surface area contributed by atoms with Crippen molar-refractivity contribution < 1.29 is 27.2 Å². The summed E-state index contributed by atoms with van der Waals surface area (Å²) in [4.78, 5) is 15.0. The maximum absolute atomic E-state index is 13.0. The Morgan fingerprint density at radius 1 is 1.14 bits per heavy atom. The number of esters is 1. The van der Waals surface area contributed by atoms with Gasteiger partial charge in [0, 0.05) is 19.6 Å². The van der Waals surface area contributed by atoms with Crippen LogP contribution in [0.3, 0.4) is 0 Å². The van der Waals surface area contributed by atoms with Crippen molar-refractivity contribution in [2.24, 2.45) is 41.4 Å². The topological polar surface area (TPSA) is 93.1 Å². The monoisotopic (exact) mass is 411 g/mol. The largest absolute Gasteiger partial charge is 0.460 e. The van der Waals surface area contributed by atoms with Gasteiger partial charge in [-0.25, -0.2) is 0 Å². The normalized spacial score (nSPS) is 42.7. The molecule has 0 aromatic rings. The maximum Gasteiger partial charge on any atom is 0.309 e. The molecule has 0 spiro atoms. The van der Waals surface area contributed by atoms with Crippen molar-refractivity contribution in [3.63, 3.8) is 0 Å². The fourth-order valence-corrected chi connectivity index (χ4v) is 7.61. The van der Waals surface area contributed by atoms with Gasteiger partial charge in [-0.2, -0.15) is 8.42 Å². The molecule has 28 heavy (non-hydrogen) atoms. The molecule has 8 atom stereocenters. The predicted octanol–water partition coefficient (Wildman–Crippen LogP) is 1.21. The molecule has 5 rings (SSSR count). The minimum absolute atomic E-state index is 0.118. The molecule has 8 unspecified atom stereocenters. The van der Waals surface area contributed by atoms with E-state index in [1.807, 2.05) is 4.90 Å². The van der Waals surface area contributed by atoms with Crippen molar-refractivity contribution in [3.05, 3.63) is 12.2 Å². The summed E-state index contributed by atoms with van der Waals surface area (Å²) in [6.07, 6.45) is 7.11. The van der Waals surface area contributed by atoms with Gasteiger partial charge in [-0.3, -0.25) is 14.2 Å². The highest BCUT2D eigenvalue weighted by Crippen LogP contribution is 2.67. The van der Waals surface area contributed by atoms with Crippen molar-refractivity contribution in [1.29, 1.82) is 0 Å². The van der Waals surface area contributed by atoms with Crippen LogP contribution in [0.15, 0.2) is 12.2 Å². The van der Waals surface area contributed by atoms with Crippen LogP contribution in [0.4, 0.5) is 0 Å². The smallest absolute Gasteiger partial charge is 0.309 e. The molecule has 1 saturated heterocycles. The zero-order valence-corrected chi connectivity index (χ0v) is 16.8. The third-order valence-corrected chi connectivity index (χ3v) is 8.61. The molecule has 156 valence electrons. The highest BCUT2D eigenvalue weighted by atomic mass is 32.2. The van der Waals surface area contributed by atoms with E-state index in [0.717, 1.165) is 18.8 Å². The van der Waals surface area contributed by atoms with E-state index in [0.29, 0.717) is 62.4 Å². The Labute approximate surface area is 166 Å². The molecule has 0 aromatic carbocycles.